The summed E-state index contributed by atoms with van der Waals surface area (Å²) in [4.78, 5) is 10.6. The van der Waals surface area contributed by atoms with Crippen LogP contribution in [0.5, 0.6) is 0 Å². The van der Waals surface area contributed by atoms with Crippen molar-refractivity contribution in [2.45, 2.75) is 65.6 Å². The van der Waals surface area contributed by atoms with Gasteiger partial charge in [-0.25, -0.2) is 9.78 Å². The normalized spacial score (nSPS) is 11.5. The maximum absolute atomic E-state index is 5.28. The fourth-order valence-corrected chi connectivity index (χ4v) is 1.01. The van der Waals surface area contributed by atoms with Gasteiger partial charge in [-0.2, -0.15) is 0 Å². The highest BCUT2D eigenvalue weighted by Crippen LogP contribution is 2.09. The molecule has 0 N–H and O–H groups in total. The van der Waals surface area contributed by atoms with Crippen molar-refractivity contribution in [2.24, 2.45) is 0 Å². The zero-order valence-electron chi connectivity index (χ0n) is 8.80. The molecule has 2 heteroatoms. The van der Waals surface area contributed by atoms with Crippen LogP contribution in [0.15, 0.2) is 0 Å². The molecule has 0 heterocycles. The van der Waals surface area contributed by atoms with Crippen LogP contribution in [-0.4, -0.2) is 12.2 Å². The lowest BCUT2D eigenvalue weighted by Gasteiger charge is -2.17. The van der Waals surface area contributed by atoms with E-state index in [4.69, 9.17) is 9.78 Å². The first-order chi connectivity index (χ1) is 5.78. The molecule has 12 heavy (non-hydrogen) atoms. The van der Waals surface area contributed by atoms with E-state index < -0.39 is 0 Å². The molecule has 0 aliphatic carbocycles. The quantitative estimate of drug-likeness (QED) is 0.435. The Hall–Kier alpha value is -0.0800. The van der Waals surface area contributed by atoms with Crippen molar-refractivity contribution in [3.8, 4) is 0 Å². The van der Waals surface area contributed by atoms with E-state index in [0.29, 0.717) is 0 Å². The van der Waals surface area contributed by atoms with E-state index in [9.17, 15) is 0 Å². The van der Waals surface area contributed by atoms with Crippen LogP contribution in [0.3, 0.4) is 0 Å². The molecule has 0 rings (SSSR count). The molecule has 0 spiro atoms. The van der Waals surface area contributed by atoms with E-state index in [1.165, 1.54) is 0 Å². The summed E-state index contributed by atoms with van der Waals surface area (Å²) < 4.78 is 0. The fraction of sp³-hybridized carbons (Fsp3) is 1.00. The highest BCUT2D eigenvalue weighted by Gasteiger charge is 2.08. The second kappa shape index (κ2) is 7.56. The second-order valence-electron chi connectivity index (χ2n) is 3.07. The van der Waals surface area contributed by atoms with Crippen molar-refractivity contribution in [3.05, 3.63) is 0 Å². The minimum Gasteiger partial charge on any atom is -0.233 e. The van der Waals surface area contributed by atoms with E-state index in [0.717, 1.165) is 25.7 Å². The Morgan fingerprint density at radius 2 is 0.917 bits per heavy atom. The van der Waals surface area contributed by atoms with Crippen LogP contribution in [0.25, 0.3) is 0 Å². The Kier molecular flexibility index (Phi) is 7.51. The van der Waals surface area contributed by atoms with Crippen molar-refractivity contribution < 1.29 is 9.78 Å². The molecule has 0 aliphatic rings. The van der Waals surface area contributed by atoms with E-state index >= 15 is 0 Å². The zero-order chi connectivity index (χ0) is 9.40. The molecule has 0 unspecified atom stereocenters. The van der Waals surface area contributed by atoms with E-state index in [2.05, 4.69) is 27.7 Å². The highest BCUT2D eigenvalue weighted by atomic mass is 17.2. The van der Waals surface area contributed by atoms with Crippen LogP contribution in [-0.2, 0) is 9.78 Å². The fourth-order valence-electron chi connectivity index (χ4n) is 1.01. The van der Waals surface area contributed by atoms with Gasteiger partial charge in [0.15, 0.2) is 0 Å². The third kappa shape index (κ3) is 4.73. The molecule has 74 valence electrons. The first-order valence-electron chi connectivity index (χ1n) is 5.10. The molecular formula is C10H22O2. The Morgan fingerprint density at radius 3 is 1.08 bits per heavy atom. The van der Waals surface area contributed by atoms with Crippen LogP contribution >= 0.6 is 0 Å². The van der Waals surface area contributed by atoms with Crippen molar-refractivity contribution in [3.63, 3.8) is 0 Å². The Labute approximate surface area is 76.2 Å². The third-order valence-corrected chi connectivity index (χ3v) is 2.15. The highest BCUT2D eigenvalue weighted by molar-refractivity contribution is 4.50. The van der Waals surface area contributed by atoms with Crippen LogP contribution < -0.4 is 0 Å². The minimum atomic E-state index is 0.269. The predicted octanol–water partition coefficient (Wildman–Crippen LogP) is 3.31. The van der Waals surface area contributed by atoms with Gasteiger partial charge < -0.3 is 0 Å². The first kappa shape index (κ1) is 11.9. The second-order valence-corrected chi connectivity index (χ2v) is 3.07. The summed E-state index contributed by atoms with van der Waals surface area (Å²) in [5.74, 6) is 0. The molecule has 0 fully saturated rings. The van der Waals surface area contributed by atoms with Crippen molar-refractivity contribution in [1.82, 2.24) is 0 Å². The number of rotatable bonds is 7. The average Bonchev–Trinajstić information content (AvgIpc) is 2.13. The third-order valence-electron chi connectivity index (χ3n) is 2.15. The predicted molar refractivity (Wildman–Crippen MR) is 50.9 cm³/mol. The standard InChI is InChI=1S/C10H22O2/c1-5-9(6-2)11-12-10(7-3)8-4/h9-10H,5-8H2,1-4H3. The molecule has 0 radical (unpaired) electrons. The SMILES string of the molecule is CCC(CC)OOC(CC)CC. The van der Waals surface area contributed by atoms with Gasteiger partial charge in [0.25, 0.3) is 0 Å². The molecule has 0 bridgehead atoms. The van der Waals surface area contributed by atoms with Crippen LogP contribution in [0, 0.1) is 0 Å². The van der Waals surface area contributed by atoms with Gasteiger partial charge in [0.05, 0.1) is 12.2 Å². The molecule has 2 nitrogen and oxygen atoms in total. The zero-order valence-corrected chi connectivity index (χ0v) is 8.80. The topological polar surface area (TPSA) is 18.5 Å². The summed E-state index contributed by atoms with van der Waals surface area (Å²) in [6.07, 6.45) is 4.64. The smallest absolute Gasteiger partial charge is 0.0924 e. The van der Waals surface area contributed by atoms with Crippen LogP contribution in [0.4, 0.5) is 0 Å². The molecule has 0 amide bonds. The Bertz CT molecular complexity index is 73.8. The van der Waals surface area contributed by atoms with Gasteiger partial charge in [0.1, 0.15) is 0 Å². The first-order valence-corrected chi connectivity index (χ1v) is 5.10. The minimum absolute atomic E-state index is 0.269. The lowest BCUT2D eigenvalue weighted by atomic mass is 10.2. The molecule has 0 atom stereocenters. The lowest BCUT2D eigenvalue weighted by Crippen LogP contribution is -2.17. The van der Waals surface area contributed by atoms with Gasteiger partial charge in [0, 0.05) is 0 Å². The van der Waals surface area contributed by atoms with Gasteiger partial charge in [-0.3, -0.25) is 0 Å². The van der Waals surface area contributed by atoms with Crippen molar-refractivity contribution in [2.75, 3.05) is 0 Å². The van der Waals surface area contributed by atoms with Gasteiger partial charge in [-0.1, -0.05) is 27.7 Å². The molecular weight excluding hydrogens is 152 g/mol. The van der Waals surface area contributed by atoms with Gasteiger partial charge in [-0.15, -0.1) is 0 Å². The van der Waals surface area contributed by atoms with Gasteiger partial charge in [-0.05, 0) is 25.7 Å². The lowest BCUT2D eigenvalue weighted by molar-refractivity contribution is -0.352. The summed E-state index contributed by atoms with van der Waals surface area (Å²) in [5.41, 5.74) is 0. The van der Waals surface area contributed by atoms with Gasteiger partial charge in [0.2, 0.25) is 0 Å². The number of hydrogen-bond donors (Lipinski definition) is 0. The van der Waals surface area contributed by atoms with Crippen molar-refractivity contribution >= 4 is 0 Å². The monoisotopic (exact) mass is 174 g/mol. The molecule has 0 aromatic carbocycles. The van der Waals surface area contributed by atoms with Crippen LogP contribution in [0.1, 0.15) is 53.4 Å². The molecule has 0 aromatic rings. The Morgan fingerprint density at radius 1 is 0.667 bits per heavy atom. The number of hydrogen-bond acceptors (Lipinski definition) is 2. The molecule has 0 aliphatic heterocycles. The van der Waals surface area contributed by atoms with E-state index in [1.54, 1.807) is 0 Å². The summed E-state index contributed by atoms with van der Waals surface area (Å²) in [6.45, 7) is 8.46. The maximum Gasteiger partial charge on any atom is 0.0924 e. The summed E-state index contributed by atoms with van der Waals surface area (Å²) in [5, 5.41) is 0. The maximum atomic E-state index is 5.28. The molecule has 0 aromatic heterocycles. The van der Waals surface area contributed by atoms with E-state index in [-0.39, 0.29) is 12.2 Å². The molecule has 0 saturated carbocycles. The van der Waals surface area contributed by atoms with Crippen molar-refractivity contribution in [1.29, 1.82) is 0 Å². The summed E-state index contributed by atoms with van der Waals surface area (Å²) in [6, 6.07) is 0. The largest absolute Gasteiger partial charge is 0.233 e. The van der Waals surface area contributed by atoms with Crippen LogP contribution in [0.2, 0.25) is 0 Å². The molecule has 0 saturated heterocycles. The van der Waals surface area contributed by atoms with E-state index in [1.807, 2.05) is 0 Å². The van der Waals surface area contributed by atoms with Gasteiger partial charge >= 0.3 is 0 Å². The average molecular weight is 174 g/mol. The summed E-state index contributed by atoms with van der Waals surface area (Å²) >= 11 is 0. The Balaban J connectivity index is 3.49. The summed E-state index contributed by atoms with van der Waals surface area (Å²) in [7, 11) is 0.